The van der Waals surface area contributed by atoms with Gasteiger partial charge < -0.3 is 5.73 Å². The topological polar surface area (TPSA) is 82.5 Å². The highest BCUT2D eigenvalue weighted by atomic mass is 15.4. The highest BCUT2D eigenvalue weighted by molar-refractivity contribution is 5.79. The summed E-state index contributed by atoms with van der Waals surface area (Å²) in [6.45, 7) is 0.597. The molecule has 0 radical (unpaired) electrons. The van der Waals surface area contributed by atoms with Gasteiger partial charge in [-0.2, -0.15) is 0 Å². The molecule has 27 heavy (non-hydrogen) atoms. The van der Waals surface area contributed by atoms with Crippen molar-refractivity contribution in [3.8, 4) is 11.3 Å². The van der Waals surface area contributed by atoms with Gasteiger partial charge in [0, 0.05) is 22.8 Å². The van der Waals surface area contributed by atoms with Crippen LogP contribution in [0.1, 0.15) is 5.56 Å². The maximum atomic E-state index is 5.78. The molecule has 6 nitrogen and oxygen atoms in total. The predicted molar refractivity (Wildman–Crippen MR) is 106 cm³/mol. The number of nitrogen functional groups attached to an aromatic ring is 1. The van der Waals surface area contributed by atoms with Crippen LogP contribution in [0.4, 0.5) is 5.69 Å². The van der Waals surface area contributed by atoms with Gasteiger partial charge in [0.1, 0.15) is 5.52 Å². The van der Waals surface area contributed by atoms with Gasteiger partial charge in [0.25, 0.3) is 0 Å². The average molecular weight is 352 g/mol. The molecule has 0 aliphatic heterocycles. The molecular weight excluding hydrogens is 336 g/mol. The molecular formula is C21H16N6. The molecule has 0 bridgehead atoms. The number of rotatable bonds is 3. The first-order valence-electron chi connectivity index (χ1n) is 8.66. The molecule has 2 aromatic carbocycles. The standard InChI is InChI=1S/C21H16N6/c22-17-6-4-15(5-7-17)19-9-10-20-21(24-19)27(26-25-20)13-14-3-8-18-16(12-14)2-1-11-23-18/h1-12H,13,22H2. The number of pyridine rings is 2. The molecule has 6 heteroatoms. The van der Waals surface area contributed by atoms with Crippen LogP contribution in [0, 0.1) is 0 Å². The summed E-state index contributed by atoms with van der Waals surface area (Å²) in [6, 6.07) is 21.8. The predicted octanol–water partition coefficient (Wildman–Crippen LogP) is 3.67. The molecule has 0 amide bonds. The van der Waals surface area contributed by atoms with Gasteiger partial charge in [-0.3, -0.25) is 4.98 Å². The van der Waals surface area contributed by atoms with Crippen molar-refractivity contribution in [3.63, 3.8) is 0 Å². The lowest BCUT2D eigenvalue weighted by Gasteiger charge is -2.05. The van der Waals surface area contributed by atoms with E-state index in [1.807, 2.05) is 53.2 Å². The summed E-state index contributed by atoms with van der Waals surface area (Å²) in [5.74, 6) is 0. The van der Waals surface area contributed by atoms with Gasteiger partial charge in [0.2, 0.25) is 0 Å². The Morgan fingerprint density at radius 1 is 0.889 bits per heavy atom. The van der Waals surface area contributed by atoms with Gasteiger partial charge in [0.05, 0.1) is 17.8 Å². The maximum absolute atomic E-state index is 5.78. The van der Waals surface area contributed by atoms with Gasteiger partial charge in [-0.05, 0) is 48.0 Å². The third kappa shape index (κ3) is 2.87. The molecule has 0 saturated heterocycles. The zero-order valence-electron chi connectivity index (χ0n) is 14.4. The van der Waals surface area contributed by atoms with Gasteiger partial charge in [-0.1, -0.05) is 29.5 Å². The molecule has 5 aromatic rings. The van der Waals surface area contributed by atoms with E-state index in [0.29, 0.717) is 6.54 Å². The number of hydrogen-bond donors (Lipinski definition) is 1. The number of benzene rings is 2. The molecule has 130 valence electrons. The number of anilines is 1. The lowest BCUT2D eigenvalue weighted by Crippen LogP contribution is -2.03. The Bertz CT molecular complexity index is 1260. The first kappa shape index (κ1) is 15.5. The summed E-state index contributed by atoms with van der Waals surface area (Å²) in [5.41, 5.74) is 12.0. The molecule has 0 atom stereocenters. The zero-order valence-corrected chi connectivity index (χ0v) is 14.4. The number of aromatic nitrogens is 5. The van der Waals surface area contributed by atoms with Crippen LogP contribution in [0.5, 0.6) is 0 Å². The molecule has 2 N–H and O–H groups in total. The van der Waals surface area contributed by atoms with E-state index in [4.69, 9.17) is 10.7 Å². The fourth-order valence-electron chi connectivity index (χ4n) is 3.17. The average Bonchev–Trinajstić information content (AvgIpc) is 3.10. The van der Waals surface area contributed by atoms with E-state index in [1.54, 1.807) is 6.20 Å². The molecule has 5 rings (SSSR count). The third-order valence-corrected chi connectivity index (χ3v) is 4.57. The van der Waals surface area contributed by atoms with E-state index >= 15 is 0 Å². The number of hydrogen-bond acceptors (Lipinski definition) is 5. The van der Waals surface area contributed by atoms with Crippen molar-refractivity contribution in [3.05, 3.63) is 78.5 Å². The van der Waals surface area contributed by atoms with E-state index in [0.717, 1.165) is 44.6 Å². The second-order valence-electron chi connectivity index (χ2n) is 6.44. The number of nitrogens with zero attached hydrogens (tertiary/aromatic N) is 5. The van der Waals surface area contributed by atoms with Gasteiger partial charge in [0.15, 0.2) is 5.65 Å². The van der Waals surface area contributed by atoms with Gasteiger partial charge in [-0.25, -0.2) is 9.67 Å². The molecule has 0 spiro atoms. The summed E-state index contributed by atoms with van der Waals surface area (Å²) < 4.78 is 1.83. The van der Waals surface area contributed by atoms with Gasteiger partial charge in [-0.15, -0.1) is 5.10 Å². The van der Waals surface area contributed by atoms with Crippen LogP contribution in [0.3, 0.4) is 0 Å². The third-order valence-electron chi connectivity index (χ3n) is 4.57. The Kier molecular flexibility index (Phi) is 3.53. The van der Waals surface area contributed by atoms with Crippen molar-refractivity contribution < 1.29 is 0 Å². The molecule has 3 heterocycles. The molecule has 0 fully saturated rings. The van der Waals surface area contributed by atoms with Gasteiger partial charge >= 0.3 is 0 Å². The van der Waals surface area contributed by atoms with Crippen molar-refractivity contribution in [2.75, 3.05) is 5.73 Å². The van der Waals surface area contributed by atoms with Crippen LogP contribution >= 0.6 is 0 Å². The quantitative estimate of drug-likeness (QED) is 0.501. The maximum Gasteiger partial charge on any atom is 0.179 e. The minimum Gasteiger partial charge on any atom is -0.399 e. The molecule has 3 aromatic heterocycles. The van der Waals surface area contributed by atoms with Crippen molar-refractivity contribution in [2.24, 2.45) is 0 Å². The molecule has 0 aliphatic carbocycles. The van der Waals surface area contributed by atoms with Crippen LogP contribution in [-0.2, 0) is 6.54 Å². The van der Waals surface area contributed by atoms with Crippen molar-refractivity contribution in [1.82, 2.24) is 25.0 Å². The number of nitrogens with two attached hydrogens (primary N) is 1. The second-order valence-corrected chi connectivity index (χ2v) is 6.44. The van der Waals surface area contributed by atoms with Crippen LogP contribution in [-0.4, -0.2) is 25.0 Å². The Morgan fingerprint density at radius 3 is 2.63 bits per heavy atom. The van der Waals surface area contributed by atoms with Crippen LogP contribution in [0.25, 0.3) is 33.3 Å². The first-order valence-corrected chi connectivity index (χ1v) is 8.66. The van der Waals surface area contributed by atoms with E-state index in [-0.39, 0.29) is 0 Å². The fourth-order valence-corrected chi connectivity index (χ4v) is 3.17. The lowest BCUT2D eigenvalue weighted by atomic mass is 10.1. The lowest BCUT2D eigenvalue weighted by molar-refractivity contribution is 0.665. The Morgan fingerprint density at radius 2 is 1.74 bits per heavy atom. The largest absolute Gasteiger partial charge is 0.399 e. The Balaban J connectivity index is 1.54. The highest BCUT2D eigenvalue weighted by Crippen LogP contribution is 2.22. The monoisotopic (exact) mass is 352 g/mol. The first-order chi connectivity index (χ1) is 13.3. The second kappa shape index (κ2) is 6.17. The van der Waals surface area contributed by atoms with Crippen LogP contribution < -0.4 is 5.73 Å². The fraction of sp³-hybridized carbons (Fsp3) is 0.0476. The highest BCUT2D eigenvalue weighted by Gasteiger charge is 2.09. The zero-order chi connectivity index (χ0) is 18.2. The van der Waals surface area contributed by atoms with E-state index in [2.05, 4.69) is 33.5 Å². The van der Waals surface area contributed by atoms with Crippen molar-refractivity contribution in [2.45, 2.75) is 6.54 Å². The summed E-state index contributed by atoms with van der Waals surface area (Å²) in [4.78, 5) is 9.14. The summed E-state index contributed by atoms with van der Waals surface area (Å²) >= 11 is 0. The van der Waals surface area contributed by atoms with E-state index in [1.165, 1.54) is 0 Å². The minimum absolute atomic E-state index is 0.597. The normalized spacial score (nSPS) is 11.3. The molecule has 0 unspecified atom stereocenters. The Labute approximate surface area is 155 Å². The minimum atomic E-state index is 0.597. The number of fused-ring (bicyclic) bond motifs is 2. The van der Waals surface area contributed by atoms with Crippen LogP contribution in [0.15, 0.2) is 72.9 Å². The van der Waals surface area contributed by atoms with E-state index < -0.39 is 0 Å². The molecule has 0 saturated carbocycles. The van der Waals surface area contributed by atoms with Crippen molar-refractivity contribution in [1.29, 1.82) is 0 Å². The van der Waals surface area contributed by atoms with Crippen LogP contribution in [0.2, 0.25) is 0 Å². The van der Waals surface area contributed by atoms with Crippen molar-refractivity contribution >= 4 is 27.8 Å². The van der Waals surface area contributed by atoms with E-state index in [9.17, 15) is 0 Å². The summed E-state index contributed by atoms with van der Waals surface area (Å²) in [5, 5.41) is 9.64. The SMILES string of the molecule is Nc1ccc(-c2ccc3nnn(Cc4ccc5ncccc5c4)c3n2)cc1. The molecule has 0 aliphatic rings. The smallest absolute Gasteiger partial charge is 0.179 e. The Hall–Kier alpha value is -3.80. The summed E-state index contributed by atoms with van der Waals surface area (Å²) in [6.07, 6.45) is 1.80. The summed E-state index contributed by atoms with van der Waals surface area (Å²) in [7, 11) is 0.